The second-order valence-corrected chi connectivity index (χ2v) is 15.6. The molecule has 4 rings (SSSR count). The van der Waals surface area contributed by atoms with Crippen LogP contribution >= 0.6 is 0 Å². The third-order valence-electron chi connectivity index (χ3n) is 9.30. The largest absolute Gasteiger partial charge is 0.508 e. The van der Waals surface area contributed by atoms with Gasteiger partial charge < -0.3 is 20.4 Å². The highest BCUT2D eigenvalue weighted by Gasteiger charge is 2.26. The highest BCUT2D eigenvalue weighted by molar-refractivity contribution is 5.51. The standard InChI is InChI=1S/C23H32O2.C19H24O2/c1-8-17(15-9-11-20(24)18(13-15)22(2,3)4)16-10-12-21(25)19(14-16)23(5,6)7;1-11-7-15(8-12(2)17(11)20)19(5,6)16-9-13(3)18(21)14(4)10-16/h9-14,17,24-25H,8H2,1-7H3;7-10,20-21H,1-6H3. The number of aryl methyl sites for hydroxylation is 4. The molecule has 0 saturated heterocycles. The average Bonchev–Trinajstić information content (AvgIpc) is 2.95. The molecule has 248 valence electrons. The molecule has 0 aromatic heterocycles. The van der Waals surface area contributed by atoms with Crippen LogP contribution in [0.15, 0.2) is 60.7 Å². The van der Waals surface area contributed by atoms with Crippen LogP contribution in [0.5, 0.6) is 23.0 Å². The predicted molar refractivity (Wildman–Crippen MR) is 193 cm³/mol. The molecule has 0 unspecified atom stereocenters. The van der Waals surface area contributed by atoms with Gasteiger partial charge in [0.15, 0.2) is 0 Å². The maximum Gasteiger partial charge on any atom is 0.121 e. The lowest BCUT2D eigenvalue weighted by Crippen LogP contribution is -2.19. The number of phenols is 4. The molecule has 0 heterocycles. The van der Waals surface area contributed by atoms with Crippen molar-refractivity contribution in [1.82, 2.24) is 0 Å². The molecule has 0 aliphatic rings. The summed E-state index contributed by atoms with van der Waals surface area (Å²) in [6.07, 6.45) is 0.961. The van der Waals surface area contributed by atoms with Gasteiger partial charge in [-0.25, -0.2) is 0 Å². The number of rotatable bonds is 5. The zero-order valence-corrected chi connectivity index (χ0v) is 30.3. The van der Waals surface area contributed by atoms with E-state index in [0.717, 1.165) is 39.8 Å². The molecule has 0 radical (unpaired) electrons. The monoisotopic (exact) mass is 624 g/mol. The van der Waals surface area contributed by atoms with Crippen molar-refractivity contribution < 1.29 is 20.4 Å². The van der Waals surface area contributed by atoms with E-state index in [9.17, 15) is 20.4 Å². The maximum atomic E-state index is 10.2. The quantitative estimate of drug-likeness (QED) is 0.178. The van der Waals surface area contributed by atoms with E-state index in [1.54, 1.807) is 0 Å². The summed E-state index contributed by atoms with van der Waals surface area (Å²) in [7, 11) is 0. The van der Waals surface area contributed by atoms with Crippen LogP contribution in [0.2, 0.25) is 0 Å². The Kier molecular flexibility index (Phi) is 10.7. The Hall–Kier alpha value is -3.92. The molecule has 4 aromatic rings. The maximum absolute atomic E-state index is 10.2. The molecule has 0 aliphatic heterocycles. The van der Waals surface area contributed by atoms with Crippen LogP contribution in [-0.2, 0) is 16.2 Å². The molecule has 4 nitrogen and oxygen atoms in total. The Labute approximate surface area is 277 Å². The third kappa shape index (κ3) is 7.89. The molecule has 0 spiro atoms. The molecule has 0 bridgehead atoms. The minimum absolute atomic E-state index is 0.107. The highest BCUT2D eigenvalue weighted by Crippen LogP contribution is 2.40. The summed E-state index contributed by atoms with van der Waals surface area (Å²) in [5.74, 6) is 1.68. The third-order valence-corrected chi connectivity index (χ3v) is 9.30. The summed E-state index contributed by atoms with van der Waals surface area (Å²) in [6.45, 7) is 26.9. The van der Waals surface area contributed by atoms with Gasteiger partial charge in [-0.2, -0.15) is 0 Å². The first kappa shape index (κ1) is 36.5. The smallest absolute Gasteiger partial charge is 0.121 e. The molecule has 0 atom stereocenters. The number of benzene rings is 4. The minimum atomic E-state index is -0.188. The van der Waals surface area contributed by atoms with E-state index >= 15 is 0 Å². The Balaban J connectivity index is 0.000000254. The molecular formula is C42H56O4. The van der Waals surface area contributed by atoms with E-state index < -0.39 is 0 Å². The summed E-state index contributed by atoms with van der Waals surface area (Å²) >= 11 is 0. The van der Waals surface area contributed by atoms with E-state index in [2.05, 4.69) is 74.4 Å². The van der Waals surface area contributed by atoms with Crippen LogP contribution in [-0.4, -0.2) is 20.4 Å². The van der Waals surface area contributed by atoms with Gasteiger partial charge in [0.1, 0.15) is 23.0 Å². The van der Waals surface area contributed by atoms with Crippen molar-refractivity contribution in [3.05, 3.63) is 116 Å². The van der Waals surface area contributed by atoms with Crippen LogP contribution < -0.4 is 0 Å². The topological polar surface area (TPSA) is 80.9 Å². The summed E-state index contributed by atoms with van der Waals surface area (Å²) in [4.78, 5) is 0. The van der Waals surface area contributed by atoms with Gasteiger partial charge in [0, 0.05) is 11.3 Å². The number of aromatic hydroxyl groups is 4. The van der Waals surface area contributed by atoms with E-state index in [0.29, 0.717) is 23.0 Å². The highest BCUT2D eigenvalue weighted by atomic mass is 16.3. The zero-order chi connectivity index (χ0) is 34.9. The molecule has 46 heavy (non-hydrogen) atoms. The van der Waals surface area contributed by atoms with Gasteiger partial charge in [-0.3, -0.25) is 0 Å². The molecule has 0 aliphatic carbocycles. The van der Waals surface area contributed by atoms with Crippen molar-refractivity contribution in [3.8, 4) is 23.0 Å². The average molecular weight is 625 g/mol. The van der Waals surface area contributed by atoms with Gasteiger partial charge in [-0.05, 0) is 113 Å². The molecular weight excluding hydrogens is 568 g/mol. The second kappa shape index (κ2) is 13.4. The van der Waals surface area contributed by atoms with Crippen LogP contribution in [0.1, 0.15) is 130 Å². The van der Waals surface area contributed by atoms with Gasteiger partial charge in [-0.1, -0.05) is 111 Å². The van der Waals surface area contributed by atoms with Crippen molar-refractivity contribution in [1.29, 1.82) is 0 Å². The lowest BCUT2D eigenvalue weighted by molar-refractivity contribution is 0.445. The fourth-order valence-corrected chi connectivity index (χ4v) is 6.21. The first-order valence-electron chi connectivity index (χ1n) is 16.4. The zero-order valence-electron chi connectivity index (χ0n) is 30.3. The van der Waals surface area contributed by atoms with Crippen LogP contribution in [0.3, 0.4) is 0 Å². The Morgan fingerprint density at radius 3 is 1.07 bits per heavy atom. The van der Waals surface area contributed by atoms with E-state index in [1.807, 2.05) is 76.2 Å². The van der Waals surface area contributed by atoms with E-state index in [4.69, 9.17) is 0 Å². The predicted octanol–water partition coefficient (Wildman–Crippen LogP) is 10.9. The van der Waals surface area contributed by atoms with Crippen LogP contribution in [0, 0.1) is 27.7 Å². The normalized spacial score (nSPS) is 12.2. The molecule has 4 aromatic carbocycles. The van der Waals surface area contributed by atoms with Gasteiger partial charge in [0.05, 0.1) is 0 Å². The first-order chi connectivity index (χ1) is 21.1. The minimum Gasteiger partial charge on any atom is -0.508 e. The lowest BCUT2D eigenvalue weighted by Gasteiger charge is -2.28. The van der Waals surface area contributed by atoms with Crippen molar-refractivity contribution in [2.75, 3.05) is 0 Å². The first-order valence-corrected chi connectivity index (χ1v) is 16.4. The summed E-state index contributed by atoms with van der Waals surface area (Å²) in [6, 6.07) is 20.1. The van der Waals surface area contributed by atoms with Gasteiger partial charge in [0.2, 0.25) is 0 Å². The lowest BCUT2D eigenvalue weighted by atomic mass is 9.76. The molecule has 0 fully saturated rings. The van der Waals surface area contributed by atoms with E-state index in [1.165, 1.54) is 22.3 Å². The van der Waals surface area contributed by atoms with Crippen molar-refractivity contribution in [2.45, 2.75) is 119 Å². The summed E-state index contributed by atoms with van der Waals surface area (Å²) in [5, 5.41) is 40.4. The Bertz CT molecular complexity index is 1530. The van der Waals surface area contributed by atoms with Gasteiger partial charge >= 0.3 is 0 Å². The number of phenolic OH excluding ortho intramolecular Hbond substituents is 4. The molecule has 4 N–H and O–H groups in total. The fourth-order valence-electron chi connectivity index (χ4n) is 6.21. The second-order valence-electron chi connectivity index (χ2n) is 15.6. The number of hydrogen-bond acceptors (Lipinski definition) is 4. The summed E-state index contributed by atoms with van der Waals surface area (Å²) in [5.41, 5.74) is 9.86. The Morgan fingerprint density at radius 1 is 0.500 bits per heavy atom. The molecule has 0 saturated carbocycles. The molecule has 0 amide bonds. The Morgan fingerprint density at radius 2 is 0.804 bits per heavy atom. The van der Waals surface area contributed by atoms with Gasteiger partial charge in [0.25, 0.3) is 0 Å². The summed E-state index contributed by atoms with van der Waals surface area (Å²) < 4.78 is 0. The SMILES string of the molecule is CCC(c1ccc(O)c(C(C)(C)C)c1)c1ccc(O)c(C(C)(C)C)c1.Cc1cc(C(C)(C)c2cc(C)c(O)c(C)c2)cc(C)c1O. The fraction of sp³-hybridized carbons (Fsp3) is 0.429. The molecule has 4 heteroatoms. The van der Waals surface area contributed by atoms with Crippen molar-refractivity contribution >= 4 is 0 Å². The number of hydrogen-bond donors (Lipinski definition) is 4. The van der Waals surface area contributed by atoms with Crippen LogP contribution in [0.4, 0.5) is 0 Å². The van der Waals surface area contributed by atoms with Gasteiger partial charge in [-0.15, -0.1) is 0 Å². The van der Waals surface area contributed by atoms with E-state index in [-0.39, 0.29) is 22.2 Å². The van der Waals surface area contributed by atoms with Crippen molar-refractivity contribution in [3.63, 3.8) is 0 Å². The van der Waals surface area contributed by atoms with Crippen LogP contribution in [0.25, 0.3) is 0 Å². The van der Waals surface area contributed by atoms with Crippen molar-refractivity contribution in [2.24, 2.45) is 0 Å².